The molecule has 0 aliphatic rings. The molecule has 2 rings (SSSR count). The third-order valence-corrected chi connectivity index (χ3v) is 3.88. The summed E-state index contributed by atoms with van der Waals surface area (Å²) in [5.41, 5.74) is 5.66. The maximum atomic E-state index is 12.6. The van der Waals surface area contributed by atoms with Gasteiger partial charge in [0, 0.05) is 11.4 Å². The second kappa shape index (κ2) is 6.64. The topological polar surface area (TPSA) is 130 Å². The maximum Gasteiger partial charge on any atom is 0.335 e. The van der Waals surface area contributed by atoms with Gasteiger partial charge in [0.2, 0.25) is 5.91 Å². The van der Waals surface area contributed by atoms with Crippen LogP contribution in [0.15, 0.2) is 42.5 Å². The van der Waals surface area contributed by atoms with E-state index in [1.54, 1.807) is 38.1 Å². The quantitative estimate of drug-likeness (QED) is 0.618. The molecule has 0 radical (unpaired) electrons. The molecule has 0 spiro atoms. The van der Waals surface area contributed by atoms with Gasteiger partial charge in [0.25, 0.3) is 0 Å². The minimum Gasteiger partial charge on any atom is -0.478 e. The second-order valence-electron chi connectivity index (χ2n) is 6.11. The van der Waals surface area contributed by atoms with Crippen molar-refractivity contribution in [3.05, 3.63) is 59.2 Å². The number of hydrogen-bond donors (Lipinski definition) is 4. The summed E-state index contributed by atoms with van der Waals surface area (Å²) < 4.78 is 0. The fourth-order valence-corrected chi connectivity index (χ4v) is 2.26. The molecule has 7 nitrogen and oxygen atoms in total. The number of carbonyl (C=O) groups excluding carboxylic acids is 1. The zero-order valence-corrected chi connectivity index (χ0v) is 13.7. The average Bonchev–Trinajstić information content (AvgIpc) is 2.54. The van der Waals surface area contributed by atoms with Crippen molar-refractivity contribution in [2.75, 3.05) is 11.1 Å². The number of nitrogen functional groups attached to an aromatic ring is 1. The summed E-state index contributed by atoms with van der Waals surface area (Å²) in [5.74, 6) is -2.97. The number of hydrogen-bond acceptors (Lipinski definition) is 4. The second-order valence-corrected chi connectivity index (χ2v) is 6.11. The molecule has 0 saturated heterocycles. The predicted molar refractivity (Wildman–Crippen MR) is 92.9 cm³/mol. The largest absolute Gasteiger partial charge is 0.478 e. The lowest BCUT2D eigenvalue weighted by Crippen LogP contribution is -2.34. The molecule has 25 heavy (non-hydrogen) atoms. The van der Waals surface area contributed by atoms with Crippen molar-refractivity contribution < 1.29 is 24.6 Å². The monoisotopic (exact) mass is 342 g/mol. The smallest absolute Gasteiger partial charge is 0.335 e. The molecule has 2 aromatic carbocycles. The Morgan fingerprint density at radius 1 is 0.920 bits per heavy atom. The van der Waals surface area contributed by atoms with Gasteiger partial charge in [-0.2, -0.15) is 0 Å². The van der Waals surface area contributed by atoms with E-state index in [4.69, 9.17) is 15.9 Å². The summed E-state index contributed by atoms with van der Waals surface area (Å²) in [4.78, 5) is 34.9. The van der Waals surface area contributed by atoms with Crippen LogP contribution < -0.4 is 11.1 Å². The summed E-state index contributed by atoms with van der Waals surface area (Å²) in [6.07, 6.45) is 0. The van der Waals surface area contributed by atoms with Gasteiger partial charge in [-0.3, -0.25) is 4.79 Å². The van der Waals surface area contributed by atoms with Gasteiger partial charge in [-0.1, -0.05) is 12.1 Å². The summed E-state index contributed by atoms with van der Waals surface area (Å²) in [5, 5.41) is 20.8. The van der Waals surface area contributed by atoms with E-state index in [0.717, 1.165) is 6.07 Å². The molecule has 0 atom stereocenters. The Morgan fingerprint density at radius 2 is 1.40 bits per heavy atom. The van der Waals surface area contributed by atoms with Crippen LogP contribution in [0.2, 0.25) is 0 Å². The van der Waals surface area contributed by atoms with Crippen molar-refractivity contribution in [2.45, 2.75) is 19.3 Å². The van der Waals surface area contributed by atoms with Crippen molar-refractivity contribution >= 4 is 29.2 Å². The predicted octanol–water partition coefficient (Wildman–Crippen LogP) is 2.58. The Bertz CT molecular complexity index is 809. The van der Waals surface area contributed by atoms with Crippen LogP contribution in [0.25, 0.3) is 0 Å². The van der Waals surface area contributed by atoms with Crippen molar-refractivity contribution in [1.82, 2.24) is 0 Å². The molecule has 0 fully saturated rings. The Hall–Kier alpha value is -3.35. The zero-order chi connectivity index (χ0) is 18.8. The van der Waals surface area contributed by atoms with Crippen LogP contribution in [0, 0.1) is 0 Å². The number of nitrogens with one attached hydrogen (secondary N) is 1. The highest BCUT2D eigenvalue weighted by molar-refractivity contribution is 6.01. The number of benzene rings is 2. The van der Waals surface area contributed by atoms with Gasteiger partial charge >= 0.3 is 11.9 Å². The van der Waals surface area contributed by atoms with Gasteiger partial charge in [-0.25, -0.2) is 9.59 Å². The number of rotatable bonds is 5. The van der Waals surface area contributed by atoms with Gasteiger partial charge in [-0.05, 0) is 49.7 Å². The normalized spacial score (nSPS) is 11.0. The molecule has 0 aromatic heterocycles. The van der Waals surface area contributed by atoms with E-state index in [0.29, 0.717) is 11.3 Å². The lowest BCUT2D eigenvalue weighted by atomic mass is 9.83. The van der Waals surface area contributed by atoms with Crippen LogP contribution in [-0.2, 0) is 10.2 Å². The molecule has 130 valence electrons. The number of nitrogens with two attached hydrogens (primary N) is 1. The Labute approximate surface area is 144 Å². The summed E-state index contributed by atoms with van der Waals surface area (Å²) in [7, 11) is 0. The molecule has 2 aromatic rings. The standard InChI is InChI=1S/C18H18N2O5/c1-18(2,12-3-5-13(19)6-4-12)17(25)20-14-8-10(15(21)22)7-11(9-14)16(23)24/h3-9H,19H2,1-2H3,(H,20,25)(H,21,22)(H,23,24). The molecule has 0 aliphatic carbocycles. The average molecular weight is 342 g/mol. The molecule has 7 heteroatoms. The fourth-order valence-electron chi connectivity index (χ4n) is 2.26. The number of aromatic carboxylic acids is 2. The lowest BCUT2D eigenvalue weighted by Gasteiger charge is -2.24. The number of carboxylic acid groups (broad SMARTS) is 2. The minimum atomic E-state index is -1.28. The number of carboxylic acids is 2. The van der Waals surface area contributed by atoms with Crippen molar-refractivity contribution in [1.29, 1.82) is 0 Å². The summed E-state index contributed by atoms with van der Waals surface area (Å²) >= 11 is 0. The third-order valence-electron chi connectivity index (χ3n) is 3.88. The maximum absolute atomic E-state index is 12.6. The highest BCUT2D eigenvalue weighted by Gasteiger charge is 2.30. The molecule has 0 unspecified atom stereocenters. The van der Waals surface area contributed by atoms with E-state index in [2.05, 4.69) is 5.32 Å². The van der Waals surface area contributed by atoms with Crippen LogP contribution in [0.3, 0.4) is 0 Å². The van der Waals surface area contributed by atoms with Crippen molar-refractivity contribution in [3.63, 3.8) is 0 Å². The fraction of sp³-hybridized carbons (Fsp3) is 0.167. The molecular formula is C18H18N2O5. The molecular weight excluding hydrogens is 324 g/mol. The van der Waals surface area contributed by atoms with E-state index < -0.39 is 23.3 Å². The summed E-state index contributed by atoms with van der Waals surface area (Å²) in [6.45, 7) is 3.40. The van der Waals surface area contributed by atoms with Crippen molar-refractivity contribution in [2.24, 2.45) is 0 Å². The molecule has 0 bridgehead atoms. The number of carbonyl (C=O) groups is 3. The first kappa shape index (κ1) is 18.0. The van der Waals surface area contributed by atoms with E-state index in [-0.39, 0.29) is 16.8 Å². The number of anilines is 2. The van der Waals surface area contributed by atoms with E-state index in [1.165, 1.54) is 12.1 Å². The minimum absolute atomic E-state index is 0.103. The van der Waals surface area contributed by atoms with Gasteiger partial charge in [-0.15, -0.1) is 0 Å². The van der Waals surface area contributed by atoms with Crippen LogP contribution in [0.5, 0.6) is 0 Å². The van der Waals surface area contributed by atoms with E-state index >= 15 is 0 Å². The number of amides is 1. The third kappa shape index (κ3) is 3.95. The van der Waals surface area contributed by atoms with E-state index in [1.807, 2.05) is 0 Å². The first-order valence-corrected chi connectivity index (χ1v) is 7.40. The molecule has 0 heterocycles. The van der Waals surface area contributed by atoms with Gasteiger partial charge in [0.15, 0.2) is 0 Å². The first-order valence-electron chi connectivity index (χ1n) is 7.40. The molecule has 5 N–H and O–H groups in total. The van der Waals surface area contributed by atoms with Crippen molar-refractivity contribution in [3.8, 4) is 0 Å². The summed E-state index contributed by atoms with van der Waals surface area (Å²) in [6, 6.07) is 10.3. The lowest BCUT2D eigenvalue weighted by molar-refractivity contribution is -0.120. The van der Waals surface area contributed by atoms with Crippen LogP contribution in [-0.4, -0.2) is 28.1 Å². The van der Waals surface area contributed by atoms with Crippen LogP contribution in [0.4, 0.5) is 11.4 Å². The highest BCUT2D eigenvalue weighted by atomic mass is 16.4. The van der Waals surface area contributed by atoms with E-state index in [9.17, 15) is 14.4 Å². The first-order chi connectivity index (χ1) is 11.6. The zero-order valence-electron chi connectivity index (χ0n) is 13.7. The Balaban J connectivity index is 2.34. The molecule has 0 aliphatic heterocycles. The molecule has 1 amide bonds. The van der Waals surface area contributed by atoms with Crippen LogP contribution in [0.1, 0.15) is 40.1 Å². The Kier molecular flexibility index (Phi) is 4.78. The van der Waals surface area contributed by atoms with Crippen LogP contribution >= 0.6 is 0 Å². The Morgan fingerprint density at radius 3 is 1.84 bits per heavy atom. The van der Waals surface area contributed by atoms with Gasteiger partial charge < -0.3 is 21.3 Å². The SMILES string of the molecule is CC(C)(C(=O)Nc1cc(C(=O)O)cc(C(=O)O)c1)c1ccc(N)cc1. The van der Waals surface area contributed by atoms with Gasteiger partial charge in [0.05, 0.1) is 16.5 Å². The van der Waals surface area contributed by atoms with Gasteiger partial charge in [0.1, 0.15) is 0 Å². The molecule has 0 saturated carbocycles. The highest BCUT2D eigenvalue weighted by Crippen LogP contribution is 2.26.